The second-order valence-corrected chi connectivity index (χ2v) is 4.61. The van der Waals surface area contributed by atoms with Crippen LogP contribution in [0.5, 0.6) is 0 Å². The van der Waals surface area contributed by atoms with Gasteiger partial charge in [-0.2, -0.15) is 0 Å². The molecule has 0 amide bonds. The highest BCUT2D eigenvalue weighted by Gasteiger charge is 2.15. The van der Waals surface area contributed by atoms with E-state index in [9.17, 15) is 0 Å². The maximum atomic E-state index is 5.95. The summed E-state index contributed by atoms with van der Waals surface area (Å²) in [5, 5.41) is 1.50. The summed E-state index contributed by atoms with van der Waals surface area (Å²) in [5.41, 5.74) is 1.07. The monoisotopic (exact) mass is 249 g/mol. The Balaban J connectivity index is 2.34. The van der Waals surface area contributed by atoms with E-state index in [-0.39, 0.29) is 0 Å². The molecule has 0 bridgehead atoms. The third-order valence-electron chi connectivity index (χ3n) is 2.44. The Labute approximate surface area is 98.6 Å². The van der Waals surface area contributed by atoms with E-state index < -0.39 is 0 Å². The third-order valence-corrected chi connectivity index (χ3v) is 3.64. The summed E-state index contributed by atoms with van der Waals surface area (Å²) in [5.74, 6) is 0. The Hall–Kier alpha value is -0.110. The molecule has 1 aliphatic rings. The highest BCUT2D eigenvalue weighted by atomic mass is 35.5. The van der Waals surface area contributed by atoms with E-state index in [4.69, 9.17) is 34.8 Å². The largest absolute Gasteiger partial charge is 0.371 e. The maximum absolute atomic E-state index is 5.95. The topological polar surface area (TPSA) is 3.24 Å². The van der Waals surface area contributed by atoms with Gasteiger partial charge >= 0.3 is 0 Å². The SMILES string of the molecule is Clc1cc(N2CCCC2)cc(Cl)c1Cl. The quantitative estimate of drug-likeness (QED) is 0.674. The van der Waals surface area contributed by atoms with Crippen LogP contribution in [0, 0.1) is 0 Å². The molecule has 1 aromatic carbocycles. The van der Waals surface area contributed by atoms with Crippen LogP contribution in [0.4, 0.5) is 5.69 Å². The first kappa shape index (κ1) is 10.4. The Bertz CT molecular complexity index is 322. The van der Waals surface area contributed by atoms with Crippen LogP contribution in [0.2, 0.25) is 15.1 Å². The summed E-state index contributed by atoms with van der Waals surface area (Å²) in [6.45, 7) is 2.16. The second-order valence-electron chi connectivity index (χ2n) is 3.42. The van der Waals surface area contributed by atoms with E-state index in [1.54, 1.807) is 0 Å². The molecule has 0 aromatic heterocycles. The van der Waals surface area contributed by atoms with Crippen LogP contribution >= 0.6 is 34.8 Å². The molecule has 1 fully saturated rings. The fourth-order valence-electron chi connectivity index (χ4n) is 1.70. The van der Waals surface area contributed by atoms with Gasteiger partial charge in [-0.1, -0.05) is 34.8 Å². The average molecular weight is 251 g/mol. The van der Waals surface area contributed by atoms with E-state index in [0.717, 1.165) is 18.8 Å². The number of anilines is 1. The first-order valence-corrected chi connectivity index (χ1v) is 5.71. The van der Waals surface area contributed by atoms with Crippen molar-refractivity contribution in [2.24, 2.45) is 0 Å². The minimum absolute atomic E-state index is 0.441. The zero-order valence-electron chi connectivity index (χ0n) is 7.56. The van der Waals surface area contributed by atoms with E-state index in [2.05, 4.69) is 4.90 Å². The molecule has 0 spiro atoms. The minimum Gasteiger partial charge on any atom is -0.371 e. The molecular weight excluding hydrogens is 240 g/mol. The zero-order chi connectivity index (χ0) is 10.1. The molecule has 1 nitrogen and oxygen atoms in total. The van der Waals surface area contributed by atoms with Gasteiger partial charge in [0.25, 0.3) is 0 Å². The number of benzene rings is 1. The van der Waals surface area contributed by atoms with Crippen LogP contribution in [-0.4, -0.2) is 13.1 Å². The van der Waals surface area contributed by atoms with Crippen molar-refractivity contribution in [3.63, 3.8) is 0 Å². The molecule has 0 radical (unpaired) electrons. The van der Waals surface area contributed by atoms with Crippen molar-refractivity contribution in [1.29, 1.82) is 0 Å². The summed E-state index contributed by atoms with van der Waals surface area (Å²) in [7, 11) is 0. The number of hydrogen-bond acceptors (Lipinski definition) is 1. The first-order chi connectivity index (χ1) is 6.68. The lowest BCUT2D eigenvalue weighted by molar-refractivity contribution is 0.949. The molecule has 0 saturated carbocycles. The number of halogens is 3. The molecule has 0 atom stereocenters. The molecule has 1 aromatic rings. The van der Waals surface area contributed by atoms with Gasteiger partial charge in [0, 0.05) is 18.8 Å². The molecule has 76 valence electrons. The van der Waals surface area contributed by atoms with Crippen LogP contribution in [-0.2, 0) is 0 Å². The summed E-state index contributed by atoms with van der Waals surface area (Å²) >= 11 is 17.8. The van der Waals surface area contributed by atoms with Gasteiger partial charge in [0.1, 0.15) is 0 Å². The van der Waals surface area contributed by atoms with E-state index in [1.165, 1.54) is 12.8 Å². The Kier molecular flexibility index (Phi) is 3.10. The predicted octanol–water partition coefficient (Wildman–Crippen LogP) is 4.25. The van der Waals surface area contributed by atoms with Gasteiger partial charge in [-0.25, -0.2) is 0 Å². The van der Waals surface area contributed by atoms with E-state index >= 15 is 0 Å². The molecule has 2 rings (SSSR count). The van der Waals surface area contributed by atoms with Crippen molar-refractivity contribution in [2.75, 3.05) is 18.0 Å². The van der Waals surface area contributed by atoms with E-state index in [1.807, 2.05) is 12.1 Å². The van der Waals surface area contributed by atoms with Gasteiger partial charge in [-0.3, -0.25) is 0 Å². The predicted molar refractivity (Wildman–Crippen MR) is 62.9 cm³/mol. The van der Waals surface area contributed by atoms with Gasteiger partial charge in [0.05, 0.1) is 15.1 Å². The molecule has 0 aliphatic carbocycles. The third kappa shape index (κ3) is 1.95. The minimum atomic E-state index is 0.441. The fourth-order valence-corrected chi connectivity index (χ4v) is 2.28. The zero-order valence-corrected chi connectivity index (χ0v) is 9.83. The number of rotatable bonds is 1. The highest BCUT2D eigenvalue weighted by molar-refractivity contribution is 6.48. The summed E-state index contributed by atoms with van der Waals surface area (Å²) in [4.78, 5) is 2.27. The van der Waals surface area contributed by atoms with Crippen LogP contribution in [0.1, 0.15) is 12.8 Å². The average Bonchev–Trinajstić information content (AvgIpc) is 2.66. The van der Waals surface area contributed by atoms with Gasteiger partial charge in [-0.15, -0.1) is 0 Å². The molecule has 1 saturated heterocycles. The molecule has 0 N–H and O–H groups in total. The molecule has 1 aliphatic heterocycles. The molecular formula is C10H10Cl3N. The molecule has 0 unspecified atom stereocenters. The van der Waals surface area contributed by atoms with Crippen LogP contribution in [0.15, 0.2) is 12.1 Å². The van der Waals surface area contributed by atoms with E-state index in [0.29, 0.717) is 15.1 Å². The Morgan fingerprint density at radius 3 is 1.93 bits per heavy atom. The molecule has 14 heavy (non-hydrogen) atoms. The van der Waals surface area contributed by atoms with Crippen molar-refractivity contribution < 1.29 is 0 Å². The van der Waals surface area contributed by atoms with Crippen molar-refractivity contribution in [3.05, 3.63) is 27.2 Å². The lowest BCUT2D eigenvalue weighted by Gasteiger charge is -2.18. The van der Waals surface area contributed by atoms with Crippen LogP contribution < -0.4 is 4.90 Å². The van der Waals surface area contributed by atoms with Crippen molar-refractivity contribution >= 4 is 40.5 Å². The van der Waals surface area contributed by atoms with Gasteiger partial charge in [-0.05, 0) is 25.0 Å². The lowest BCUT2D eigenvalue weighted by Crippen LogP contribution is -2.17. The lowest BCUT2D eigenvalue weighted by atomic mass is 10.3. The Morgan fingerprint density at radius 1 is 0.929 bits per heavy atom. The van der Waals surface area contributed by atoms with Gasteiger partial charge in [0.15, 0.2) is 0 Å². The molecule has 1 heterocycles. The fraction of sp³-hybridized carbons (Fsp3) is 0.400. The van der Waals surface area contributed by atoms with Crippen LogP contribution in [0.25, 0.3) is 0 Å². The summed E-state index contributed by atoms with van der Waals surface area (Å²) in [6, 6.07) is 3.75. The number of hydrogen-bond donors (Lipinski definition) is 0. The van der Waals surface area contributed by atoms with Crippen molar-refractivity contribution in [1.82, 2.24) is 0 Å². The molecule has 4 heteroatoms. The van der Waals surface area contributed by atoms with Crippen LogP contribution in [0.3, 0.4) is 0 Å². The maximum Gasteiger partial charge on any atom is 0.0780 e. The second kappa shape index (κ2) is 4.18. The van der Waals surface area contributed by atoms with Crippen molar-refractivity contribution in [2.45, 2.75) is 12.8 Å². The summed E-state index contributed by atoms with van der Waals surface area (Å²) in [6.07, 6.45) is 2.47. The normalized spacial score (nSPS) is 16.4. The standard InChI is InChI=1S/C10H10Cl3N/c11-8-5-7(6-9(12)10(8)13)14-3-1-2-4-14/h5-6H,1-4H2. The number of nitrogens with zero attached hydrogens (tertiary/aromatic N) is 1. The Morgan fingerprint density at radius 2 is 1.43 bits per heavy atom. The highest BCUT2D eigenvalue weighted by Crippen LogP contribution is 2.35. The van der Waals surface area contributed by atoms with Gasteiger partial charge < -0.3 is 4.90 Å². The summed E-state index contributed by atoms with van der Waals surface area (Å²) < 4.78 is 0. The van der Waals surface area contributed by atoms with Gasteiger partial charge in [0.2, 0.25) is 0 Å². The smallest absolute Gasteiger partial charge is 0.0780 e. The first-order valence-electron chi connectivity index (χ1n) is 4.58. The van der Waals surface area contributed by atoms with Crippen molar-refractivity contribution in [3.8, 4) is 0 Å².